The summed E-state index contributed by atoms with van der Waals surface area (Å²) < 4.78 is 0. The highest BCUT2D eigenvalue weighted by Crippen LogP contribution is 2.19. The average Bonchev–Trinajstić information content (AvgIpc) is 2.50. The van der Waals surface area contributed by atoms with Gasteiger partial charge in [-0.3, -0.25) is 4.84 Å². The van der Waals surface area contributed by atoms with Crippen molar-refractivity contribution in [2.45, 2.75) is 6.54 Å². The molecule has 0 atom stereocenters. The highest BCUT2D eigenvalue weighted by atomic mass is 16.7. The fourth-order valence-corrected chi connectivity index (χ4v) is 2.24. The van der Waals surface area contributed by atoms with E-state index in [0.717, 1.165) is 13.1 Å². The maximum Gasteiger partial charge on any atom is 0.0939 e. The topological polar surface area (TPSA) is 12.5 Å². The third-order valence-electron chi connectivity index (χ3n) is 3.29. The lowest BCUT2D eigenvalue weighted by Gasteiger charge is -2.26. The van der Waals surface area contributed by atoms with Crippen LogP contribution in [0.1, 0.15) is 11.1 Å². The fourth-order valence-electron chi connectivity index (χ4n) is 2.24. The van der Waals surface area contributed by atoms with Gasteiger partial charge in [-0.25, -0.2) is 0 Å². The molecular weight excluding hydrogens is 234 g/mol. The van der Waals surface area contributed by atoms with Crippen LogP contribution in [0.2, 0.25) is 0 Å². The van der Waals surface area contributed by atoms with E-state index >= 15 is 0 Å². The van der Waals surface area contributed by atoms with E-state index in [1.165, 1.54) is 16.7 Å². The molecule has 1 aliphatic heterocycles. The fraction of sp³-hybridized carbons (Fsp3) is 0.176. The van der Waals surface area contributed by atoms with Gasteiger partial charge in [0.25, 0.3) is 0 Å². The molecule has 0 aromatic heterocycles. The summed E-state index contributed by atoms with van der Waals surface area (Å²) in [6.07, 6.45) is 2.25. The summed E-state index contributed by atoms with van der Waals surface area (Å²) in [7, 11) is 0. The number of rotatable bonds is 3. The molecule has 0 N–H and O–H groups in total. The maximum atomic E-state index is 5.81. The van der Waals surface area contributed by atoms with Gasteiger partial charge in [-0.15, -0.1) is 0 Å². The van der Waals surface area contributed by atoms with Gasteiger partial charge >= 0.3 is 0 Å². The molecule has 0 radical (unpaired) electrons. The molecule has 96 valence electrons. The molecule has 0 unspecified atom stereocenters. The van der Waals surface area contributed by atoms with Crippen LogP contribution in [0, 0.1) is 0 Å². The predicted molar refractivity (Wildman–Crippen MR) is 77.2 cm³/mol. The zero-order valence-electron chi connectivity index (χ0n) is 10.8. The van der Waals surface area contributed by atoms with Crippen LogP contribution in [0.4, 0.5) is 0 Å². The Hall–Kier alpha value is -1.90. The van der Waals surface area contributed by atoms with Gasteiger partial charge in [-0.1, -0.05) is 66.7 Å². The van der Waals surface area contributed by atoms with Gasteiger partial charge in [0.15, 0.2) is 0 Å². The van der Waals surface area contributed by atoms with E-state index in [9.17, 15) is 0 Å². The lowest BCUT2D eigenvalue weighted by molar-refractivity contribution is -0.150. The Labute approximate surface area is 113 Å². The van der Waals surface area contributed by atoms with Crippen LogP contribution >= 0.6 is 0 Å². The van der Waals surface area contributed by atoms with Crippen molar-refractivity contribution in [3.63, 3.8) is 0 Å². The highest BCUT2D eigenvalue weighted by Gasteiger charge is 2.13. The monoisotopic (exact) mass is 251 g/mol. The molecule has 0 aliphatic carbocycles. The summed E-state index contributed by atoms with van der Waals surface area (Å²) in [4.78, 5) is 5.81. The van der Waals surface area contributed by atoms with Crippen LogP contribution < -0.4 is 0 Å². The SMILES string of the molecule is C1=C(c2ccccc2)CON(Cc2ccccc2)C1. The van der Waals surface area contributed by atoms with Crippen molar-refractivity contribution in [2.24, 2.45) is 0 Å². The summed E-state index contributed by atoms with van der Waals surface area (Å²) in [5.74, 6) is 0. The van der Waals surface area contributed by atoms with Crippen LogP contribution in [-0.2, 0) is 11.4 Å². The van der Waals surface area contributed by atoms with Gasteiger partial charge < -0.3 is 0 Å². The molecule has 0 saturated carbocycles. The quantitative estimate of drug-likeness (QED) is 0.827. The molecule has 2 aromatic rings. The van der Waals surface area contributed by atoms with Crippen molar-refractivity contribution in [1.82, 2.24) is 5.06 Å². The molecule has 0 bridgehead atoms. The number of hydrogen-bond donors (Lipinski definition) is 0. The number of nitrogens with zero attached hydrogens (tertiary/aromatic N) is 1. The van der Waals surface area contributed by atoms with Crippen molar-refractivity contribution in [3.8, 4) is 0 Å². The van der Waals surface area contributed by atoms with E-state index in [0.29, 0.717) is 6.61 Å². The molecule has 2 heteroatoms. The van der Waals surface area contributed by atoms with Crippen molar-refractivity contribution < 1.29 is 4.84 Å². The van der Waals surface area contributed by atoms with Crippen LogP contribution in [0.3, 0.4) is 0 Å². The minimum absolute atomic E-state index is 0.650. The molecule has 0 saturated heterocycles. The second-order valence-electron chi connectivity index (χ2n) is 4.68. The molecule has 3 rings (SSSR count). The minimum atomic E-state index is 0.650. The van der Waals surface area contributed by atoms with Gasteiger partial charge in [0.2, 0.25) is 0 Å². The molecule has 2 nitrogen and oxygen atoms in total. The van der Waals surface area contributed by atoms with Gasteiger partial charge in [-0.05, 0) is 16.7 Å². The molecule has 19 heavy (non-hydrogen) atoms. The first-order valence-electron chi connectivity index (χ1n) is 6.58. The first kappa shape index (κ1) is 12.2. The van der Waals surface area contributed by atoms with Gasteiger partial charge in [0.1, 0.15) is 0 Å². The second-order valence-corrected chi connectivity index (χ2v) is 4.68. The second kappa shape index (κ2) is 5.83. The number of hydrogen-bond acceptors (Lipinski definition) is 2. The summed E-state index contributed by atoms with van der Waals surface area (Å²) in [5, 5.41) is 2.00. The molecule has 0 spiro atoms. The zero-order valence-corrected chi connectivity index (χ0v) is 10.8. The smallest absolute Gasteiger partial charge is 0.0939 e. The van der Waals surface area contributed by atoms with Crippen molar-refractivity contribution in [3.05, 3.63) is 77.9 Å². The minimum Gasteiger partial charge on any atom is -0.294 e. The number of hydroxylamine groups is 2. The van der Waals surface area contributed by atoms with Crippen LogP contribution in [0.15, 0.2) is 66.7 Å². The van der Waals surface area contributed by atoms with Crippen LogP contribution in [0.25, 0.3) is 5.57 Å². The third-order valence-corrected chi connectivity index (χ3v) is 3.29. The predicted octanol–water partition coefficient (Wildman–Crippen LogP) is 3.52. The molecule has 2 aromatic carbocycles. The molecule has 1 heterocycles. The molecule has 0 amide bonds. The van der Waals surface area contributed by atoms with E-state index in [4.69, 9.17) is 4.84 Å². The maximum absolute atomic E-state index is 5.81. The Bertz CT molecular complexity index is 548. The van der Waals surface area contributed by atoms with E-state index in [2.05, 4.69) is 54.6 Å². The van der Waals surface area contributed by atoms with Crippen LogP contribution in [0.5, 0.6) is 0 Å². The highest BCUT2D eigenvalue weighted by molar-refractivity contribution is 5.66. The lowest BCUT2D eigenvalue weighted by Crippen LogP contribution is -2.28. The first-order chi connectivity index (χ1) is 9.42. The van der Waals surface area contributed by atoms with E-state index in [1.54, 1.807) is 0 Å². The third kappa shape index (κ3) is 3.11. The Balaban J connectivity index is 1.64. The average molecular weight is 251 g/mol. The normalized spacial score (nSPS) is 16.1. The molecular formula is C17H17NO. The van der Waals surface area contributed by atoms with Crippen molar-refractivity contribution >= 4 is 5.57 Å². The summed E-state index contributed by atoms with van der Waals surface area (Å²) in [6, 6.07) is 20.8. The van der Waals surface area contributed by atoms with E-state index in [-0.39, 0.29) is 0 Å². The molecule has 1 aliphatic rings. The van der Waals surface area contributed by atoms with Gasteiger partial charge in [0.05, 0.1) is 6.61 Å². The van der Waals surface area contributed by atoms with Crippen LogP contribution in [-0.4, -0.2) is 18.2 Å². The molecule has 0 fully saturated rings. The summed E-state index contributed by atoms with van der Waals surface area (Å²) in [6.45, 7) is 2.31. The largest absolute Gasteiger partial charge is 0.294 e. The van der Waals surface area contributed by atoms with E-state index < -0.39 is 0 Å². The Morgan fingerprint density at radius 3 is 2.21 bits per heavy atom. The van der Waals surface area contributed by atoms with E-state index in [1.807, 2.05) is 17.2 Å². The van der Waals surface area contributed by atoms with Crippen molar-refractivity contribution in [1.29, 1.82) is 0 Å². The Kier molecular flexibility index (Phi) is 3.73. The summed E-state index contributed by atoms with van der Waals surface area (Å²) >= 11 is 0. The Morgan fingerprint density at radius 1 is 0.895 bits per heavy atom. The van der Waals surface area contributed by atoms with Gasteiger partial charge in [-0.2, -0.15) is 5.06 Å². The Morgan fingerprint density at radius 2 is 1.58 bits per heavy atom. The number of benzene rings is 2. The first-order valence-corrected chi connectivity index (χ1v) is 6.58. The standard InChI is InChI=1S/C17H17NO/c1-3-7-15(8-4-1)13-18-12-11-17(14-19-18)16-9-5-2-6-10-16/h1-11H,12-14H2. The van der Waals surface area contributed by atoms with Gasteiger partial charge in [0, 0.05) is 13.1 Å². The zero-order chi connectivity index (χ0) is 12.9. The van der Waals surface area contributed by atoms with Crippen molar-refractivity contribution in [2.75, 3.05) is 13.2 Å². The lowest BCUT2D eigenvalue weighted by atomic mass is 10.1. The summed E-state index contributed by atoms with van der Waals surface area (Å²) in [5.41, 5.74) is 3.80.